The van der Waals surface area contributed by atoms with Gasteiger partial charge in [-0.1, -0.05) is 23.2 Å². The van der Waals surface area contributed by atoms with E-state index >= 15 is 0 Å². The van der Waals surface area contributed by atoms with E-state index in [2.05, 4.69) is 20.3 Å². The Morgan fingerprint density at radius 3 is 2.67 bits per heavy atom. The zero-order valence-electron chi connectivity index (χ0n) is 11.1. The summed E-state index contributed by atoms with van der Waals surface area (Å²) in [5.74, 6) is 0. The third-order valence-electron chi connectivity index (χ3n) is 3.33. The highest BCUT2D eigenvalue weighted by atomic mass is 35.5. The lowest BCUT2D eigenvalue weighted by molar-refractivity contribution is 0.122. The van der Waals surface area contributed by atoms with Gasteiger partial charge < -0.3 is 15.4 Å². The Hall–Kier alpha value is -1.63. The second kappa shape index (κ2) is 6.01. The Labute approximate surface area is 131 Å². The molecule has 1 aliphatic heterocycles. The number of hydrogen-bond acceptors (Lipinski definition) is 6. The lowest BCUT2D eigenvalue weighted by atomic mass is 10.1. The maximum Gasteiger partial charge on any atom is 0.174 e. The van der Waals surface area contributed by atoms with E-state index in [9.17, 15) is 0 Å². The molecule has 21 heavy (non-hydrogen) atoms. The van der Waals surface area contributed by atoms with Crippen molar-refractivity contribution in [2.45, 2.75) is 0 Å². The van der Waals surface area contributed by atoms with Crippen LogP contribution in [0.4, 0.5) is 11.4 Å². The van der Waals surface area contributed by atoms with E-state index in [1.807, 2.05) is 18.2 Å². The molecule has 8 heteroatoms. The molecule has 0 unspecified atom stereocenters. The van der Waals surface area contributed by atoms with Gasteiger partial charge in [-0.05, 0) is 23.4 Å². The smallest absolute Gasteiger partial charge is 0.174 e. The topological polar surface area (TPSA) is 77.2 Å². The van der Waals surface area contributed by atoms with Crippen LogP contribution in [-0.2, 0) is 4.74 Å². The van der Waals surface area contributed by atoms with Crippen molar-refractivity contribution in [3.8, 4) is 11.3 Å². The van der Waals surface area contributed by atoms with Crippen LogP contribution >= 0.6 is 23.2 Å². The molecule has 0 amide bonds. The Balaban J connectivity index is 2.03. The lowest BCUT2D eigenvalue weighted by Gasteiger charge is -2.29. The van der Waals surface area contributed by atoms with Crippen LogP contribution in [0.15, 0.2) is 18.2 Å². The minimum Gasteiger partial charge on any atom is -0.398 e. The summed E-state index contributed by atoms with van der Waals surface area (Å²) in [6.45, 7) is 3.09. The number of nitrogen functional groups attached to an aromatic ring is 1. The molecule has 0 aliphatic carbocycles. The van der Waals surface area contributed by atoms with E-state index in [1.54, 1.807) is 0 Å². The number of aromatic nitrogens is 3. The van der Waals surface area contributed by atoms with Crippen LogP contribution in [0.2, 0.25) is 10.2 Å². The van der Waals surface area contributed by atoms with Crippen molar-refractivity contribution in [2.24, 2.45) is 0 Å². The summed E-state index contributed by atoms with van der Waals surface area (Å²) in [5, 5.41) is 11.5. The van der Waals surface area contributed by atoms with Crippen molar-refractivity contribution in [1.29, 1.82) is 0 Å². The van der Waals surface area contributed by atoms with Crippen LogP contribution in [0, 0.1) is 0 Å². The molecule has 1 aromatic carbocycles. The number of halogens is 2. The number of hydrogen-bond donors (Lipinski definition) is 1. The van der Waals surface area contributed by atoms with E-state index in [0.29, 0.717) is 30.2 Å². The van der Waals surface area contributed by atoms with Crippen molar-refractivity contribution in [2.75, 3.05) is 36.9 Å². The quantitative estimate of drug-likeness (QED) is 0.853. The van der Waals surface area contributed by atoms with Gasteiger partial charge in [-0.3, -0.25) is 0 Å². The van der Waals surface area contributed by atoms with Gasteiger partial charge >= 0.3 is 0 Å². The van der Waals surface area contributed by atoms with Crippen molar-refractivity contribution < 1.29 is 4.74 Å². The summed E-state index contributed by atoms with van der Waals surface area (Å²) in [5.41, 5.74) is 8.76. The molecule has 0 radical (unpaired) electrons. The molecule has 6 nitrogen and oxygen atoms in total. The van der Waals surface area contributed by atoms with E-state index in [4.69, 9.17) is 33.7 Å². The van der Waals surface area contributed by atoms with Gasteiger partial charge in [0, 0.05) is 30.0 Å². The Kier molecular flexibility index (Phi) is 4.10. The Morgan fingerprint density at radius 1 is 1.14 bits per heavy atom. The summed E-state index contributed by atoms with van der Waals surface area (Å²) < 4.78 is 5.36. The number of benzene rings is 1. The third kappa shape index (κ3) is 2.88. The fourth-order valence-corrected chi connectivity index (χ4v) is 2.53. The molecule has 2 aromatic rings. The average Bonchev–Trinajstić information content (AvgIpc) is 2.52. The summed E-state index contributed by atoms with van der Waals surface area (Å²) >= 11 is 12.0. The highest BCUT2D eigenvalue weighted by molar-refractivity contribution is 6.42. The van der Waals surface area contributed by atoms with E-state index in [1.165, 1.54) is 0 Å². The predicted octanol–water partition coefficient (Wildman–Crippen LogP) is 2.26. The fraction of sp³-hybridized carbons (Fsp3) is 0.308. The largest absolute Gasteiger partial charge is 0.398 e. The number of nitrogens with zero attached hydrogens (tertiary/aromatic N) is 4. The molecule has 0 saturated carbocycles. The van der Waals surface area contributed by atoms with Crippen molar-refractivity contribution in [1.82, 2.24) is 15.4 Å². The molecule has 1 aliphatic rings. The Morgan fingerprint density at radius 2 is 1.90 bits per heavy atom. The van der Waals surface area contributed by atoms with Gasteiger partial charge in [0.05, 0.1) is 13.2 Å². The molecule has 1 aromatic heterocycles. The van der Waals surface area contributed by atoms with Gasteiger partial charge in [0.2, 0.25) is 0 Å². The van der Waals surface area contributed by atoms with Gasteiger partial charge in [-0.25, -0.2) is 0 Å². The molecule has 3 rings (SSSR count). The van der Waals surface area contributed by atoms with Crippen molar-refractivity contribution in [3.05, 3.63) is 28.4 Å². The molecule has 2 N–H and O–H groups in total. The first-order chi connectivity index (χ1) is 10.2. The zero-order chi connectivity index (χ0) is 14.8. The van der Waals surface area contributed by atoms with Gasteiger partial charge in [0.25, 0.3) is 0 Å². The van der Waals surface area contributed by atoms with Crippen molar-refractivity contribution >= 4 is 34.6 Å². The van der Waals surface area contributed by atoms with Crippen LogP contribution in [0.25, 0.3) is 11.3 Å². The standard InChI is InChI=1S/C13H13Cl2N5O/c14-11-12(17-19-18-13(11)15)9-7-8(1-2-10(9)16)20-3-5-21-6-4-20/h1-2,7H,3-6,16H2. The molecular formula is C13H13Cl2N5O. The molecule has 110 valence electrons. The van der Waals surface area contributed by atoms with E-state index < -0.39 is 0 Å². The molecule has 1 saturated heterocycles. The fourth-order valence-electron chi connectivity index (χ4n) is 2.23. The summed E-state index contributed by atoms with van der Waals surface area (Å²) in [4.78, 5) is 2.22. The van der Waals surface area contributed by atoms with Gasteiger partial charge in [0.1, 0.15) is 10.7 Å². The maximum atomic E-state index is 6.15. The molecule has 2 heterocycles. The lowest BCUT2D eigenvalue weighted by Crippen LogP contribution is -2.36. The van der Waals surface area contributed by atoms with Crippen LogP contribution in [0.5, 0.6) is 0 Å². The van der Waals surface area contributed by atoms with E-state index in [-0.39, 0.29) is 10.2 Å². The number of nitrogens with two attached hydrogens (primary N) is 1. The SMILES string of the molecule is Nc1ccc(N2CCOCC2)cc1-c1nnnc(Cl)c1Cl. The first-order valence-corrected chi connectivity index (χ1v) is 7.19. The number of ether oxygens (including phenoxy) is 1. The number of morpholine rings is 1. The van der Waals surface area contributed by atoms with Crippen LogP contribution < -0.4 is 10.6 Å². The molecule has 0 bridgehead atoms. The minimum atomic E-state index is 0.109. The average molecular weight is 326 g/mol. The highest BCUT2D eigenvalue weighted by Crippen LogP contribution is 2.35. The predicted molar refractivity (Wildman–Crippen MR) is 82.7 cm³/mol. The summed E-state index contributed by atoms with van der Waals surface area (Å²) in [7, 11) is 0. The Bertz CT molecular complexity index is 661. The molecule has 0 atom stereocenters. The monoisotopic (exact) mass is 325 g/mol. The van der Waals surface area contributed by atoms with Crippen LogP contribution in [-0.4, -0.2) is 41.7 Å². The normalized spacial score (nSPS) is 15.2. The number of anilines is 2. The van der Waals surface area contributed by atoms with Crippen LogP contribution in [0.3, 0.4) is 0 Å². The molecular weight excluding hydrogens is 313 g/mol. The highest BCUT2D eigenvalue weighted by Gasteiger charge is 2.17. The first kappa shape index (κ1) is 14.3. The number of rotatable bonds is 2. The maximum absolute atomic E-state index is 6.15. The van der Waals surface area contributed by atoms with Crippen molar-refractivity contribution in [3.63, 3.8) is 0 Å². The molecule has 0 spiro atoms. The second-order valence-electron chi connectivity index (χ2n) is 4.61. The van der Waals surface area contributed by atoms with Gasteiger partial charge in [0.15, 0.2) is 5.15 Å². The summed E-state index contributed by atoms with van der Waals surface area (Å²) in [6, 6.07) is 5.73. The second-order valence-corrected chi connectivity index (χ2v) is 5.35. The van der Waals surface area contributed by atoms with Crippen LogP contribution in [0.1, 0.15) is 0 Å². The summed E-state index contributed by atoms with van der Waals surface area (Å²) in [6.07, 6.45) is 0. The molecule has 1 fully saturated rings. The minimum absolute atomic E-state index is 0.109. The zero-order valence-corrected chi connectivity index (χ0v) is 12.6. The third-order valence-corrected chi connectivity index (χ3v) is 4.05. The van der Waals surface area contributed by atoms with E-state index in [0.717, 1.165) is 18.8 Å². The van der Waals surface area contributed by atoms with Gasteiger partial charge in [-0.2, -0.15) is 0 Å². The first-order valence-electron chi connectivity index (χ1n) is 6.44. The van der Waals surface area contributed by atoms with Gasteiger partial charge in [-0.15, -0.1) is 10.2 Å².